The number of carbonyl (C=O) groups excluding carboxylic acids is 2. The van der Waals surface area contributed by atoms with Crippen molar-refractivity contribution in [2.75, 3.05) is 5.32 Å². The van der Waals surface area contributed by atoms with E-state index in [0.717, 1.165) is 11.3 Å². The molecule has 3 aromatic rings. The fourth-order valence-electron chi connectivity index (χ4n) is 2.41. The third-order valence-corrected chi connectivity index (χ3v) is 3.54. The average Bonchev–Trinajstić information content (AvgIpc) is 3.17. The highest BCUT2D eigenvalue weighted by atomic mass is 16.2. The zero-order valence-corrected chi connectivity index (χ0v) is 14.2. The van der Waals surface area contributed by atoms with Crippen LogP contribution in [0.2, 0.25) is 0 Å². The monoisotopic (exact) mass is 346 g/mol. The van der Waals surface area contributed by atoms with Gasteiger partial charge in [-0.25, -0.2) is 4.68 Å². The van der Waals surface area contributed by atoms with Gasteiger partial charge in [-0.3, -0.25) is 9.59 Å². The first-order valence-electron chi connectivity index (χ1n) is 8.07. The molecule has 0 saturated heterocycles. The van der Waals surface area contributed by atoms with E-state index in [9.17, 15) is 9.59 Å². The van der Waals surface area contributed by atoms with Crippen LogP contribution in [-0.4, -0.2) is 21.6 Å². The Morgan fingerprint density at radius 1 is 1.04 bits per heavy atom. The molecule has 6 heteroatoms. The minimum Gasteiger partial charge on any atom is -0.322 e. The molecule has 0 aliphatic heterocycles. The van der Waals surface area contributed by atoms with Crippen LogP contribution in [0.1, 0.15) is 12.5 Å². The predicted octanol–water partition coefficient (Wildman–Crippen LogP) is 2.99. The topological polar surface area (TPSA) is 76.0 Å². The lowest BCUT2D eigenvalue weighted by atomic mass is 10.2. The molecule has 1 heterocycles. The Hall–Kier alpha value is -3.67. The number of nitrogens with zero attached hydrogens (tertiary/aromatic N) is 2. The number of benzene rings is 2. The highest BCUT2D eigenvalue weighted by Gasteiger charge is 2.12. The van der Waals surface area contributed by atoms with Crippen molar-refractivity contribution >= 4 is 23.6 Å². The molecule has 2 aromatic carbocycles. The SMILES string of the molecule is CC(=O)N/C(=C\c1ccccc1)C(=O)Nc1cccc(-n2cccn2)c1. The Morgan fingerprint density at radius 3 is 2.54 bits per heavy atom. The molecule has 0 atom stereocenters. The number of aromatic nitrogens is 2. The van der Waals surface area contributed by atoms with Gasteiger partial charge in [0.15, 0.2) is 0 Å². The molecule has 2 amide bonds. The first kappa shape index (κ1) is 17.2. The molecular weight excluding hydrogens is 328 g/mol. The normalized spacial score (nSPS) is 11.0. The molecule has 0 aliphatic carbocycles. The average molecular weight is 346 g/mol. The Balaban J connectivity index is 1.83. The van der Waals surface area contributed by atoms with Crippen molar-refractivity contribution in [2.24, 2.45) is 0 Å². The molecule has 0 fully saturated rings. The smallest absolute Gasteiger partial charge is 0.272 e. The van der Waals surface area contributed by atoms with Gasteiger partial charge in [-0.1, -0.05) is 36.4 Å². The van der Waals surface area contributed by atoms with E-state index < -0.39 is 5.91 Å². The summed E-state index contributed by atoms with van der Waals surface area (Å²) >= 11 is 0. The van der Waals surface area contributed by atoms with Crippen LogP contribution >= 0.6 is 0 Å². The second kappa shape index (κ2) is 7.94. The van der Waals surface area contributed by atoms with Gasteiger partial charge in [0, 0.05) is 25.0 Å². The van der Waals surface area contributed by atoms with Gasteiger partial charge in [0.05, 0.1) is 5.69 Å². The van der Waals surface area contributed by atoms with Crippen molar-refractivity contribution in [1.82, 2.24) is 15.1 Å². The van der Waals surface area contributed by atoms with Crippen LogP contribution in [0.25, 0.3) is 11.8 Å². The number of carbonyl (C=O) groups is 2. The van der Waals surface area contributed by atoms with Crippen LogP contribution in [0.4, 0.5) is 5.69 Å². The summed E-state index contributed by atoms with van der Waals surface area (Å²) in [6.45, 7) is 1.37. The molecule has 1 aromatic heterocycles. The molecule has 2 N–H and O–H groups in total. The molecule has 0 bridgehead atoms. The Kier molecular flexibility index (Phi) is 5.24. The van der Waals surface area contributed by atoms with Crippen LogP contribution in [0.3, 0.4) is 0 Å². The standard InChI is InChI=1S/C20H18N4O2/c1-15(25)22-19(13-16-7-3-2-4-8-16)20(26)23-17-9-5-10-18(14-17)24-12-6-11-21-24/h2-14H,1H3,(H,22,25)(H,23,26)/b19-13-. The lowest BCUT2D eigenvalue weighted by Gasteiger charge is -2.11. The van der Waals surface area contributed by atoms with E-state index in [0.29, 0.717) is 5.69 Å². The van der Waals surface area contributed by atoms with Gasteiger partial charge in [-0.05, 0) is 35.9 Å². The fraction of sp³-hybridized carbons (Fsp3) is 0.0500. The highest BCUT2D eigenvalue weighted by Crippen LogP contribution is 2.15. The third kappa shape index (κ3) is 4.45. The summed E-state index contributed by atoms with van der Waals surface area (Å²) in [5.74, 6) is -0.714. The maximum absolute atomic E-state index is 12.6. The second-order valence-electron chi connectivity index (χ2n) is 5.60. The largest absolute Gasteiger partial charge is 0.322 e. The number of anilines is 1. The molecule has 0 aliphatic rings. The first-order valence-corrected chi connectivity index (χ1v) is 8.07. The van der Waals surface area contributed by atoms with Gasteiger partial charge in [-0.2, -0.15) is 5.10 Å². The van der Waals surface area contributed by atoms with Crippen molar-refractivity contribution in [3.8, 4) is 5.69 Å². The molecule has 3 rings (SSSR count). The maximum Gasteiger partial charge on any atom is 0.272 e. The highest BCUT2D eigenvalue weighted by molar-refractivity contribution is 6.08. The van der Waals surface area contributed by atoms with Gasteiger partial charge in [0.2, 0.25) is 5.91 Å². The molecule has 0 radical (unpaired) electrons. The molecule has 6 nitrogen and oxygen atoms in total. The van der Waals surface area contributed by atoms with E-state index in [1.165, 1.54) is 6.92 Å². The van der Waals surface area contributed by atoms with E-state index >= 15 is 0 Å². The molecule has 130 valence electrons. The first-order chi connectivity index (χ1) is 12.6. The Labute approximate surface area is 151 Å². The summed E-state index contributed by atoms with van der Waals surface area (Å²) in [4.78, 5) is 24.1. The Morgan fingerprint density at radius 2 is 1.85 bits per heavy atom. The second-order valence-corrected chi connectivity index (χ2v) is 5.60. The summed E-state index contributed by atoms with van der Waals surface area (Å²) in [6.07, 6.45) is 5.13. The van der Waals surface area contributed by atoms with E-state index in [1.54, 1.807) is 29.1 Å². The van der Waals surface area contributed by atoms with Crippen LogP contribution < -0.4 is 10.6 Å². The summed E-state index contributed by atoms with van der Waals surface area (Å²) in [7, 11) is 0. The number of hydrogen-bond donors (Lipinski definition) is 2. The summed E-state index contributed by atoms with van der Waals surface area (Å²) in [5.41, 5.74) is 2.41. The zero-order chi connectivity index (χ0) is 18.4. The lowest BCUT2D eigenvalue weighted by Crippen LogP contribution is -2.29. The summed E-state index contributed by atoms with van der Waals surface area (Å²) in [6, 6.07) is 18.4. The number of hydrogen-bond acceptors (Lipinski definition) is 3. The molecule has 0 saturated carbocycles. The van der Waals surface area contributed by atoms with Gasteiger partial charge in [-0.15, -0.1) is 0 Å². The van der Waals surface area contributed by atoms with Crippen LogP contribution in [-0.2, 0) is 9.59 Å². The van der Waals surface area contributed by atoms with Gasteiger partial charge >= 0.3 is 0 Å². The molecular formula is C20H18N4O2. The van der Waals surface area contributed by atoms with Gasteiger partial charge < -0.3 is 10.6 Å². The number of rotatable bonds is 5. The molecule has 0 unspecified atom stereocenters. The van der Waals surface area contributed by atoms with E-state index in [-0.39, 0.29) is 11.6 Å². The van der Waals surface area contributed by atoms with Gasteiger partial charge in [0.25, 0.3) is 5.91 Å². The fourth-order valence-corrected chi connectivity index (χ4v) is 2.41. The summed E-state index contributed by atoms with van der Waals surface area (Å²) in [5, 5.41) is 9.56. The van der Waals surface area contributed by atoms with Crippen molar-refractivity contribution in [2.45, 2.75) is 6.92 Å². The molecule has 26 heavy (non-hydrogen) atoms. The summed E-state index contributed by atoms with van der Waals surface area (Å²) < 4.78 is 1.70. The third-order valence-electron chi connectivity index (χ3n) is 3.54. The number of amides is 2. The maximum atomic E-state index is 12.6. The minimum atomic E-state index is -0.401. The molecule has 0 spiro atoms. The van der Waals surface area contributed by atoms with E-state index in [2.05, 4.69) is 15.7 Å². The quantitative estimate of drug-likeness (QED) is 0.697. The van der Waals surface area contributed by atoms with Crippen molar-refractivity contribution in [3.05, 3.63) is 84.3 Å². The Bertz CT molecular complexity index is 931. The van der Waals surface area contributed by atoms with Crippen molar-refractivity contribution < 1.29 is 9.59 Å². The lowest BCUT2D eigenvalue weighted by molar-refractivity contribution is -0.120. The van der Waals surface area contributed by atoms with E-state index in [4.69, 9.17) is 0 Å². The zero-order valence-electron chi connectivity index (χ0n) is 14.2. The van der Waals surface area contributed by atoms with Crippen molar-refractivity contribution in [1.29, 1.82) is 0 Å². The van der Waals surface area contributed by atoms with Crippen LogP contribution in [0, 0.1) is 0 Å². The van der Waals surface area contributed by atoms with Gasteiger partial charge in [0.1, 0.15) is 5.70 Å². The van der Waals surface area contributed by atoms with Crippen LogP contribution in [0.15, 0.2) is 78.8 Å². The van der Waals surface area contributed by atoms with E-state index in [1.807, 2.05) is 54.7 Å². The number of nitrogens with one attached hydrogen (secondary N) is 2. The minimum absolute atomic E-state index is 0.174. The van der Waals surface area contributed by atoms with Crippen LogP contribution in [0.5, 0.6) is 0 Å². The van der Waals surface area contributed by atoms with Crippen molar-refractivity contribution in [3.63, 3.8) is 0 Å². The predicted molar refractivity (Wildman–Crippen MR) is 100 cm³/mol.